The van der Waals surface area contributed by atoms with Crippen LogP contribution in [0.3, 0.4) is 0 Å². The Morgan fingerprint density at radius 1 is 0.745 bits per heavy atom. The number of rotatable bonds is 10. The van der Waals surface area contributed by atoms with E-state index in [2.05, 4.69) is 45.8 Å². The number of aromatic hydroxyl groups is 1. The van der Waals surface area contributed by atoms with Crippen LogP contribution in [0.15, 0.2) is 67.4 Å². The van der Waals surface area contributed by atoms with E-state index in [1.54, 1.807) is 0 Å². The number of fused-ring (bicyclic) bond motifs is 1. The molecule has 28 heteroatoms. The molecule has 285 valence electrons. The van der Waals surface area contributed by atoms with Gasteiger partial charge in [-0.15, -0.1) is 10.2 Å². The monoisotopic (exact) mass is 837 g/mol. The maximum atomic E-state index is 14.6. The first-order chi connectivity index (χ1) is 25.3. The van der Waals surface area contributed by atoms with Gasteiger partial charge in [-0.1, -0.05) is 0 Å². The number of azo groups is 1. The van der Waals surface area contributed by atoms with Gasteiger partial charge in [0.1, 0.15) is 27.0 Å². The summed E-state index contributed by atoms with van der Waals surface area (Å²) in [6.07, 6.45) is -2.76. The second-order valence-electron chi connectivity index (χ2n) is 10.9. The molecule has 0 unspecified atom stereocenters. The molecule has 1 saturated heterocycles. The average Bonchev–Trinajstić information content (AvgIpc) is 3.06. The van der Waals surface area contributed by atoms with E-state index in [1.165, 1.54) is 4.90 Å². The number of nitrogens with one attached hydrogen (secondary N) is 2. The van der Waals surface area contributed by atoms with Gasteiger partial charge >= 0.3 is 12.2 Å². The van der Waals surface area contributed by atoms with Crippen LogP contribution >= 0.6 is 0 Å². The van der Waals surface area contributed by atoms with Crippen molar-refractivity contribution in [2.24, 2.45) is 10.2 Å². The number of hydrogen-bond acceptors (Lipinski definition) is 18. The van der Waals surface area contributed by atoms with Crippen molar-refractivity contribution in [2.45, 2.75) is 14.7 Å². The van der Waals surface area contributed by atoms with Crippen LogP contribution < -0.4 is 15.5 Å². The second-order valence-corrected chi connectivity index (χ2v) is 15.1. The van der Waals surface area contributed by atoms with Gasteiger partial charge < -0.3 is 25.4 Å². The summed E-state index contributed by atoms with van der Waals surface area (Å²) in [7, 11) is -15.6. The van der Waals surface area contributed by atoms with E-state index >= 15 is 0 Å². The molecular formula is C27H21F3N10NaO11S3. The van der Waals surface area contributed by atoms with Crippen molar-refractivity contribution in [3.05, 3.63) is 60.6 Å². The van der Waals surface area contributed by atoms with Gasteiger partial charge in [-0.2, -0.15) is 63.3 Å². The molecule has 0 amide bonds. The van der Waals surface area contributed by atoms with E-state index in [4.69, 9.17) is 4.74 Å². The van der Waals surface area contributed by atoms with Crippen LogP contribution in [0.4, 0.5) is 53.6 Å². The first-order valence-electron chi connectivity index (χ1n) is 14.6. The van der Waals surface area contributed by atoms with Crippen LogP contribution in [-0.2, 0) is 35.1 Å². The Labute approximate surface area is 329 Å². The molecule has 1 radical (unpaired) electrons. The summed E-state index contributed by atoms with van der Waals surface area (Å²) < 4.78 is 151. The standard InChI is InChI=1S/C27H21F3N10O11S3.Na/c28-19-11-20(34-24(29)33-19)31-13-1-2-17(53(45,46)47)15(9-13)38-39-22-18(54(48,49)50)8-12-7-14(52(42,43)44)10-16(21(12)23(22)41)32-26-35-25(30)36-27(37-26)40-3-5-51-6-4-40;/h1-2,7-11,41H,3-6H2,(H,31,33,34)(H,42,43,44)(H,45,46,47)(H,48,49,50)(H,32,35,36,37);. The maximum absolute atomic E-state index is 14.6. The minimum atomic E-state index is -5.40. The quantitative estimate of drug-likeness (QED) is 0.0387. The third-order valence-corrected chi connectivity index (χ3v) is 9.87. The summed E-state index contributed by atoms with van der Waals surface area (Å²) in [5, 5.41) is 22.7. The Bertz CT molecular complexity index is 2690. The van der Waals surface area contributed by atoms with Crippen molar-refractivity contribution in [1.82, 2.24) is 24.9 Å². The third kappa shape index (κ3) is 9.58. The normalized spacial score (nSPS) is 13.9. The topological polar surface area (TPSA) is 309 Å². The molecule has 0 aliphatic carbocycles. The summed E-state index contributed by atoms with van der Waals surface area (Å²) in [4.78, 5) is 15.9. The Morgan fingerprint density at radius 2 is 1.42 bits per heavy atom. The minimum Gasteiger partial charge on any atom is -0.505 e. The fourth-order valence-corrected chi connectivity index (χ4v) is 6.82. The van der Waals surface area contributed by atoms with Crippen molar-refractivity contribution >= 4 is 111 Å². The van der Waals surface area contributed by atoms with E-state index in [0.717, 1.165) is 24.3 Å². The average molecular weight is 838 g/mol. The fourth-order valence-electron chi connectivity index (χ4n) is 5.02. The Balaban J connectivity index is 0.00000580. The summed E-state index contributed by atoms with van der Waals surface area (Å²) in [5.41, 5.74) is -2.54. The van der Waals surface area contributed by atoms with Crippen molar-refractivity contribution in [3.63, 3.8) is 0 Å². The van der Waals surface area contributed by atoms with Gasteiger partial charge in [-0.25, -0.2) is 0 Å². The van der Waals surface area contributed by atoms with Crippen molar-refractivity contribution in [3.8, 4) is 5.75 Å². The van der Waals surface area contributed by atoms with Gasteiger partial charge in [0.25, 0.3) is 30.4 Å². The number of halogens is 3. The summed E-state index contributed by atoms with van der Waals surface area (Å²) in [5.74, 6) is -3.64. The van der Waals surface area contributed by atoms with Crippen LogP contribution in [0.25, 0.3) is 10.8 Å². The summed E-state index contributed by atoms with van der Waals surface area (Å²) >= 11 is 0. The molecule has 5 aromatic rings. The number of phenolic OH excluding ortho intramolecular Hbond substituents is 1. The number of morpholine rings is 1. The molecule has 0 saturated carbocycles. The predicted octanol–water partition coefficient (Wildman–Crippen LogP) is 3.04. The molecule has 6 rings (SSSR count). The molecule has 0 spiro atoms. The van der Waals surface area contributed by atoms with Gasteiger partial charge in [0.15, 0.2) is 5.75 Å². The summed E-state index contributed by atoms with van der Waals surface area (Å²) in [6, 6.07) is 5.32. The zero-order chi connectivity index (χ0) is 39.2. The van der Waals surface area contributed by atoms with E-state index in [-0.39, 0.29) is 67.5 Å². The Hall–Kier alpha value is -4.71. The van der Waals surface area contributed by atoms with Gasteiger partial charge in [0.2, 0.25) is 17.8 Å². The van der Waals surface area contributed by atoms with Gasteiger partial charge in [0, 0.05) is 59.8 Å². The Morgan fingerprint density at radius 3 is 2.05 bits per heavy atom. The molecule has 1 fully saturated rings. The molecule has 3 aromatic carbocycles. The van der Waals surface area contributed by atoms with Crippen LogP contribution in [0.5, 0.6) is 5.75 Å². The second kappa shape index (κ2) is 15.8. The van der Waals surface area contributed by atoms with Crippen LogP contribution in [-0.4, -0.2) is 125 Å². The van der Waals surface area contributed by atoms with Crippen molar-refractivity contribution < 1.29 is 61.9 Å². The van der Waals surface area contributed by atoms with Crippen molar-refractivity contribution in [2.75, 3.05) is 41.8 Å². The first kappa shape index (κ1) is 41.5. The van der Waals surface area contributed by atoms with Crippen LogP contribution in [0.1, 0.15) is 0 Å². The Kier molecular flexibility index (Phi) is 11.9. The fraction of sp³-hybridized carbons (Fsp3) is 0.148. The molecular weight excluding hydrogens is 817 g/mol. The van der Waals surface area contributed by atoms with Gasteiger partial charge in [-0.3, -0.25) is 13.7 Å². The number of ether oxygens (including phenoxy) is 1. The largest absolute Gasteiger partial charge is 0.505 e. The van der Waals surface area contributed by atoms with Gasteiger partial charge in [-0.05, 0) is 41.8 Å². The van der Waals surface area contributed by atoms with E-state index < -0.39 is 108 Å². The van der Waals surface area contributed by atoms with E-state index in [0.29, 0.717) is 18.2 Å². The summed E-state index contributed by atoms with van der Waals surface area (Å²) in [6.45, 7) is 1.03. The molecule has 1 aliphatic heterocycles. The van der Waals surface area contributed by atoms with Gasteiger partial charge in [0.05, 0.1) is 23.8 Å². The third-order valence-electron chi connectivity index (χ3n) is 7.27. The first-order valence-corrected chi connectivity index (χ1v) is 18.9. The smallest absolute Gasteiger partial charge is 0.315 e. The molecule has 2 aromatic heterocycles. The molecule has 0 bridgehead atoms. The van der Waals surface area contributed by atoms with E-state index in [9.17, 15) is 57.2 Å². The molecule has 55 heavy (non-hydrogen) atoms. The number of phenols is 1. The number of aromatic nitrogens is 5. The maximum Gasteiger partial charge on any atom is 0.315 e. The number of anilines is 5. The molecule has 3 heterocycles. The van der Waals surface area contributed by atoms with Crippen LogP contribution in [0, 0.1) is 18.1 Å². The molecule has 0 atom stereocenters. The van der Waals surface area contributed by atoms with Crippen LogP contribution in [0.2, 0.25) is 0 Å². The SMILES string of the molecule is O=S(=O)(O)c1cc(Nc2nc(F)nc(N3CCOCC3)n2)c2c(O)c(N=Nc3cc(Nc4cc(F)nc(F)n4)ccc3S(=O)(=O)O)c(S(=O)(=O)O)cc2c1.[Na]. The number of hydrogen-bond donors (Lipinski definition) is 6. The molecule has 6 N–H and O–H groups in total. The minimum absolute atomic E-state index is 0. The number of benzene rings is 3. The molecule has 1 aliphatic rings. The number of nitrogens with zero attached hydrogens (tertiary/aromatic N) is 8. The zero-order valence-electron chi connectivity index (χ0n) is 27.5. The zero-order valence-corrected chi connectivity index (χ0v) is 31.9. The molecule has 21 nitrogen and oxygen atoms in total. The van der Waals surface area contributed by atoms with E-state index in [1.807, 2.05) is 0 Å². The van der Waals surface area contributed by atoms with Crippen molar-refractivity contribution in [1.29, 1.82) is 0 Å². The predicted molar refractivity (Wildman–Crippen MR) is 183 cm³/mol.